The molecule has 0 saturated carbocycles. The van der Waals surface area contributed by atoms with Gasteiger partial charge in [0.2, 0.25) is 5.91 Å². The van der Waals surface area contributed by atoms with E-state index in [1.54, 1.807) is 4.90 Å². The molecule has 2 amide bonds. The van der Waals surface area contributed by atoms with Gasteiger partial charge in [-0.1, -0.05) is 91.0 Å². The molecule has 1 N–H and O–H groups in total. The molecule has 2 aliphatic heterocycles. The Morgan fingerprint density at radius 1 is 0.788 bits per heavy atom. The highest BCUT2D eigenvalue weighted by Gasteiger charge is 2.49. The van der Waals surface area contributed by atoms with Crippen molar-refractivity contribution in [1.29, 1.82) is 0 Å². The van der Waals surface area contributed by atoms with Gasteiger partial charge in [-0.2, -0.15) is 0 Å². The average molecular weight is 717 g/mol. The second-order valence-corrected chi connectivity index (χ2v) is 15.2. The minimum atomic E-state index is -0.798. The van der Waals surface area contributed by atoms with E-state index in [4.69, 9.17) is 28.4 Å². The normalized spacial score (nSPS) is 24.4. The minimum absolute atomic E-state index is 0.176. The van der Waals surface area contributed by atoms with Gasteiger partial charge in [0.15, 0.2) is 0 Å². The number of nitrogens with one attached hydrogen (secondary N) is 1. The summed E-state index contributed by atoms with van der Waals surface area (Å²) in [5.41, 5.74) is 1.65. The predicted octanol–water partition coefficient (Wildman–Crippen LogP) is 7.19. The molecular formula is C42H56N2O8. The van der Waals surface area contributed by atoms with Crippen LogP contribution >= 0.6 is 0 Å². The summed E-state index contributed by atoms with van der Waals surface area (Å²) in [5.74, 6) is -0.186. The van der Waals surface area contributed by atoms with Crippen molar-refractivity contribution in [2.24, 2.45) is 0 Å². The molecule has 3 aromatic rings. The second kappa shape index (κ2) is 18.3. The zero-order valence-corrected chi connectivity index (χ0v) is 31.5. The molecule has 2 aliphatic rings. The fraction of sp³-hybridized carbons (Fsp3) is 0.524. The molecule has 0 radical (unpaired) electrons. The Labute approximate surface area is 309 Å². The van der Waals surface area contributed by atoms with Crippen LogP contribution in [0, 0.1) is 0 Å². The van der Waals surface area contributed by atoms with Crippen LogP contribution in [0.15, 0.2) is 91.0 Å². The number of ether oxygens (including phenoxy) is 6. The largest absolute Gasteiger partial charge is 0.444 e. The lowest BCUT2D eigenvalue weighted by atomic mass is 9.89. The van der Waals surface area contributed by atoms with Crippen LogP contribution < -0.4 is 5.32 Å². The summed E-state index contributed by atoms with van der Waals surface area (Å²) < 4.78 is 38.4. The quantitative estimate of drug-likeness (QED) is 0.176. The third-order valence-corrected chi connectivity index (χ3v) is 9.32. The van der Waals surface area contributed by atoms with Gasteiger partial charge in [0, 0.05) is 6.92 Å². The molecular weight excluding hydrogens is 660 g/mol. The summed E-state index contributed by atoms with van der Waals surface area (Å²) in [6, 6.07) is 29.3. The van der Waals surface area contributed by atoms with Gasteiger partial charge in [-0.15, -0.1) is 0 Å². The lowest BCUT2D eigenvalue weighted by molar-refractivity contribution is -0.233. The number of carbonyl (C=O) groups is 2. The van der Waals surface area contributed by atoms with Crippen molar-refractivity contribution in [2.75, 3.05) is 13.2 Å². The van der Waals surface area contributed by atoms with Gasteiger partial charge in [-0.05, 0) is 70.6 Å². The van der Waals surface area contributed by atoms with Gasteiger partial charge < -0.3 is 33.7 Å². The van der Waals surface area contributed by atoms with Crippen molar-refractivity contribution in [2.45, 2.75) is 128 Å². The second-order valence-electron chi connectivity index (χ2n) is 15.2. The molecule has 2 heterocycles. The van der Waals surface area contributed by atoms with E-state index in [1.165, 1.54) is 6.92 Å². The Morgan fingerprint density at radius 2 is 1.33 bits per heavy atom. The highest BCUT2D eigenvalue weighted by Crippen LogP contribution is 2.34. The lowest BCUT2D eigenvalue weighted by Crippen LogP contribution is -2.65. The van der Waals surface area contributed by atoms with Crippen LogP contribution in [0.25, 0.3) is 0 Å². The van der Waals surface area contributed by atoms with Gasteiger partial charge in [-0.25, -0.2) is 4.79 Å². The highest BCUT2D eigenvalue weighted by atomic mass is 16.6. The summed E-state index contributed by atoms with van der Waals surface area (Å²) in [6.45, 7) is 12.6. The summed E-state index contributed by atoms with van der Waals surface area (Å²) in [5, 5.41) is 3.17. The van der Waals surface area contributed by atoms with E-state index in [1.807, 2.05) is 126 Å². The maximum Gasteiger partial charge on any atom is 0.412 e. The molecule has 10 heteroatoms. The molecule has 0 unspecified atom stereocenters. The van der Waals surface area contributed by atoms with Crippen molar-refractivity contribution in [3.05, 3.63) is 108 Å². The molecule has 52 heavy (non-hydrogen) atoms. The topological polar surface area (TPSA) is 105 Å². The summed E-state index contributed by atoms with van der Waals surface area (Å²) in [7, 11) is 0. The first-order valence-electron chi connectivity index (χ1n) is 18.4. The maximum absolute atomic E-state index is 13.3. The van der Waals surface area contributed by atoms with Gasteiger partial charge in [0.05, 0.1) is 51.2 Å². The van der Waals surface area contributed by atoms with Crippen molar-refractivity contribution >= 4 is 12.0 Å². The van der Waals surface area contributed by atoms with Crippen LogP contribution in [0.2, 0.25) is 0 Å². The van der Waals surface area contributed by atoms with E-state index in [0.29, 0.717) is 45.7 Å². The Kier molecular flexibility index (Phi) is 13.9. The van der Waals surface area contributed by atoms with Gasteiger partial charge >= 0.3 is 6.09 Å². The number of hydrogen-bond donors (Lipinski definition) is 1. The van der Waals surface area contributed by atoms with E-state index in [0.717, 1.165) is 16.7 Å². The fourth-order valence-corrected chi connectivity index (χ4v) is 6.94. The number of amides is 2. The Bertz CT molecular complexity index is 1530. The number of benzene rings is 3. The Morgan fingerprint density at radius 3 is 1.87 bits per heavy atom. The molecule has 5 rings (SSSR count). The van der Waals surface area contributed by atoms with E-state index < -0.39 is 47.9 Å². The molecule has 3 aromatic carbocycles. The summed E-state index contributed by atoms with van der Waals surface area (Å²) in [6.07, 6.45) is -0.462. The molecule has 0 spiro atoms. The first kappa shape index (κ1) is 39.4. The molecule has 2 saturated heterocycles. The van der Waals surface area contributed by atoms with Crippen LogP contribution in [-0.2, 0) is 53.0 Å². The van der Waals surface area contributed by atoms with E-state index in [9.17, 15) is 9.59 Å². The lowest BCUT2D eigenvalue weighted by Gasteiger charge is -2.47. The molecule has 0 bridgehead atoms. The van der Waals surface area contributed by atoms with Crippen molar-refractivity contribution in [3.63, 3.8) is 0 Å². The zero-order valence-electron chi connectivity index (χ0n) is 31.5. The van der Waals surface area contributed by atoms with Crippen LogP contribution in [0.4, 0.5) is 4.79 Å². The molecule has 10 nitrogen and oxygen atoms in total. The molecule has 6 atom stereocenters. The molecule has 0 aromatic heterocycles. The van der Waals surface area contributed by atoms with Crippen molar-refractivity contribution in [3.8, 4) is 0 Å². The number of hydrogen-bond acceptors (Lipinski definition) is 8. The van der Waals surface area contributed by atoms with Gasteiger partial charge in [0.25, 0.3) is 0 Å². The third-order valence-electron chi connectivity index (χ3n) is 9.32. The van der Waals surface area contributed by atoms with Crippen LogP contribution in [-0.4, -0.2) is 77.9 Å². The molecule has 2 fully saturated rings. The monoisotopic (exact) mass is 716 g/mol. The van der Waals surface area contributed by atoms with Gasteiger partial charge in [-0.3, -0.25) is 9.69 Å². The predicted molar refractivity (Wildman–Crippen MR) is 198 cm³/mol. The number of carbonyl (C=O) groups excluding carboxylic acids is 2. The number of rotatable bonds is 15. The molecule has 0 aliphatic carbocycles. The Hall–Kier alpha value is -3.80. The van der Waals surface area contributed by atoms with Gasteiger partial charge in [0.1, 0.15) is 29.6 Å². The first-order chi connectivity index (χ1) is 24.9. The van der Waals surface area contributed by atoms with Crippen LogP contribution in [0.5, 0.6) is 0 Å². The summed E-state index contributed by atoms with van der Waals surface area (Å²) in [4.78, 5) is 27.8. The maximum atomic E-state index is 13.3. The average Bonchev–Trinajstić information content (AvgIpc) is 3.41. The zero-order chi connectivity index (χ0) is 37.1. The highest BCUT2D eigenvalue weighted by molar-refractivity contribution is 5.73. The van der Waals surface area contributed by atoms with Crippen molar-refractivity contribution in [1.82, 2.24) is 10.2 Å². The standard InChI is InChI=1S/C42H56N2O8/c1-30(45)43-37-35(24-16-23-34-28-50-42(5,6)44(34)40(46)52-41(2,3)4)51-36(29-47-25-31-17-10-7-11-18-31)38(48-26-32-19-12-8-13-20-32)39(37)49-27-33-21-14-9-15-22-33/h7-15,17-22,34-39H,16,23-29H2,1-6H3,(H,43,45)/t34-,35+,36+,37+,38+,39+/m0/s1. The van der Waals surface area contributed by atoms with E-state index in [2.05, 4.69) is 5.32 Å². The number of nitrogens with zero attached hydrogens (tertiary/aromatic N) is 1. The van der Waals surface area contributed by atoms with Crippen molar-refractivity contribution < 1.29 is 38.0 Å². The third kappa shape index (κ3) is 11.3. The van der Waals surface area contributed by atoms with E-state index in [-0.39, 0.29) is 18.6 Å². The Balaban J connectivity index is 1.38. The van der Waals surface area contributed by atoms with Crippen LogP contribution in [0.3, 0.4) is 0 Å². The smallest absolute Gasteiger partial charge is 0.412 e. The first-order valence-corrected chi connectivity index (χ1v) is 18.4. The minimum Gasteiger partial charge on any atom is -0.444 e. The fourth-order valence-electron chi connectivity index (χ4n) is 6.94. The molecule has 282 valence electrons. The summed E-state index contributed by atoms with van der Waals surface area (Å²) >= 11 is 0. The SMILES string of the molecule is CC(=O)N[C@H]1[C@@H](OCc2ccccc2)[C@H](OCc2ccccc2)[C@@H](COCc2ccccc2)O[C@@H]1CCC[C@H]1COC(C)(C)N1C(=O)OC(C)(C)C. The van der Waals surface area contributed by atoms with E-state index >= 15 is 0 Å². The van der Waals surface area contributed by atoms with Crippen LogP contribution in [0.1, 0.15) is 77.5 Å².